The van der Waals surface area contributed by atoms with Gasteiger partial charge >= 0.3 is 0 Å². The number of piperidine rings is 1. The maximum absolute atomic E-state index is 13.4. The van der Waals surface area contributed by atoms with E-state index in [1.807, 2.05) is 11.0 Å². The lowest BCUT2D eigenvalue weighted by Gasteiger charge is -2.40. The molecule has 0 aromatic heterocycles. The predicted molar refractivity (Wildman–Crippen MR) is 95.9 cm³/mol. The Kier molecular flexibility index (Phi) is 4.73. The SMILES string of the molecule is O=C(C1CC(F)(F)CN1)N1CCC2(CCCN(Cc3ccccc3)C2)C1. The van der Waals surface area contributed by atoms with Crippen LogP contribution in [0.5, 0.6) is 0 Å². The topological polar surface area (TPSA) is 35.6 Å². The molecule has 0 saturated carbocycles. The summed E-state index contributed by atoms with van der Waals surface area (Å²) in [6, 6.07) is 9.74. The van der Waals surface area contributed by atoms with Gasteiger partial charge in [-0.3, -0.25) is 15.0 Å². The Balaban J connectivity index is 1.36. The highest BCUT2D eigenvalue weighted by atomic mass is 19.3. The number of alkyl halides is 2. The van der Waals surface area contributed by atoms with Crippen molar-refractivity contribution >= 4 is 5.91 Å². The summed E-state index contributed by atoms with van der Waals surface area (Å²) in [5.74, 6) is -2.89. The number of halogens is 2. The van der Waals surface area contributed by atoms with E-state index in [0.717, 1.165) is 38.9 Å². The van der Waals surface area contributed by atoms with Crippen LogP contribution in [0.4, 0.5) is 8.78 Å². The molecule has 3 fully saturated rings. The lowest BCUT2D eigenvalue weighted by atomic mass is 9.79. The number of hydrogen-bond acceptors (Lipinski definition) is 3. The van der Waals surface area contributed by atoms with Crippen molar-refractivity contribution in [3.05, 3.63) is 35.9 Å². The molecule has 1 N–H and O–H groups in total. The Morgan fingerprint density at radius 2 is 1.96 bits per heavy atom. The van der Waals surface area contributed by atoms with Crippen LogP contribution in [0.25, 0.3) is 0 Å². The highest BCUT2D eigenvalue weighted by molar-refractivity contribution is 5.82. The van der Waals surface area contributed by atoms with E-state index in [2.05, 4.69) is 34.5 Å². The maximum atomic E-state index is 13.4. The number of rotatable bonds is 3. The molecular weight excluding hydrogens is 336 g/mol. The van der Waals surface area contributed by atoms with E-state index in [0.29, 0.717) is 13.1 Å². The summed E-state index contributed by atoms with van der Waals surface area (Å²) >= 11 is 0. The standard InChI is InChI=1S/C20H27F2N3O/c21-20(22)11-17(23-13-20)18(26)25-10-8-19(15-25)7-4-9-24(14-19)12-16-5-2-1-3-6-16/h1-3,5-6,17,23H,4,7-15H2. The van der Waals surface area contributed by atoms with Gasteiger partial charge in [0.25, 0.3) is 5.92 Å². The summed E-state index contributed by atoms with van der Waals surface area (Å²) in [6.45, 7) is 4.03. The van der Waals surface area contributed by atoms with Crippen LogP contribution in [0, 0.1) is 5.41 Å². The summed E-state index contributed by atoms with van der Waals surface area (Å²) in [5, 5.41) is 2.70. The van der Waals surface area contributed by atoms with Gasteiger partial charge in [-0.25, -0.2) is 8.78 Å². The number of likely N-dealkylation sites (tertiary alicyclic amines) is 2. The smallest absolute Gasteiger partial charge is 0.262 e. The fraction of sp³-hybridized carbons (Fsp3) is 0.650. The Morgan fingerprint density at radius 1 is 1.15 bits per heavy atom. The highest BCUT2D eigenvalue weighted by Crippen LogP contribution is 2.40. The molecule has 3 heterocycles. The minimum absolute atomic E-state index is 0.129. The van der Waals surface area contributed by atoms with Crippen LogP contribution >= 0.6 is 0 Å². The molecule has 1 spiro atoms. The van der Waals surface area contributed by atoms with Gasteiger partial charge in [-0.05, 0) is 31.4 Å². The van der Waals surface area contributed by atoms with Gasteiger partial charge < -0.3 is 4.90 Å². The van der Waals surface area contributed by atoms with E-state index in [4.69, 9.17) is 0 Å². The van der Waals surface area contributed by atoms with Crippen molar-refractivity contribution in [1.29, 1.82) is 0 Å². The molecule has 142 valence electrons. The minimum Gasteiger partial charge on any atom is -0.341 e. The zero-order valence-electron chi connectivity index (χ0n) is 15.1. The first-order valence-corrected chi connectivity index (χ1v) is 9.61. The van der Waals surface area contributed by atoms with Crippen molar-refractivity contribution in [2.45, 2.75) is 44.2 Å². The van der Waals surface area contributed by atoms with Gasteiger partial charge in [0, 0.05) is 38.0 Å². The van der Waals surface area contributed by atoms with Crippen LogP contribution in [0.1, 0.15) is 31.2 Å². The normalized spacial score (nSPS) is 31.6. The molecule has 0 aliphatic carbocycles. The Bertz CT molecular complexity index is 654. The monoisotopic (exact) mass is 363 g/mol. The van der Waals surface area contributed by atoms with Gasteiger partial charge in [0.15, 0.2) is 0 Å². The average Bonchev–Trinajstić information content (AvgIpc) is 3.19. The van der Waals surface area contributed by atoms with Crippen molar-refractivity contribution in [1.82, 2.24) is 15.1 Å². The number of amides is 1. The molecule has 0 radical (unpaired) electrons. The minimum atomic E-state index is -2.75. The lowest BCUT2D eigenvalue weighted by Crippen LogP contribution is -2.47. The molecule has 1 aromatic rings. The Morgan fingerprint density at radius 3 is 2.69 bits per heavy atom. The molecule has 1 aromatic carbocycles. The third-order valence-corrected chi connectivity index (χ3v) is 6.15. The largest absolute Gasteiger partial charge is 0.341 e. The fourth-order valence-corrected chi connectivity index (χ4v) is 4.85. The molecule has 2 unspecified atom stereocenters. The van der Waals surface area contributed by atoms with Crippen molar-refractivity contribution in [2.24, 2.45) is 5.41 Å². The van der Waals surface area contributed by atoms with Crippen LogP contribution in [0.3, 0.4) is 0 Å². The molecule has 2 atom stereocenters. The molecule has 3 aliphatic rings. The second-order valence-electron chi connectivity index (χ2n) is 8.30. The van der Waals surface area contributed by atoms with Crippen LogP contribution in [0.2, 0.25) is 0 Å². The molecule has 4 nitrogen and oxygen atoms in total. The Labute approximate surface area is 153 Å². The molecular formula is C20H27F2N3O. The van der Waals surface area contributed by atoms with Crippen molar-refractivity contribution in [2.75, 3.05) is 32.7 Å². The molecule has 1 amide bonds. The van der Waals surface area contributed by atoms with E-state index in [1.54, 1.807) is 0 Å². The first-order valence-electron chi connectivity index (χ1n) is 9.61. The van der Waals surface area contributed by atoms with E-state index >= 15 is 0 Å². The zero-order valence-corrected chi connectivity index (χ0v) is 15.1. The van der Waals surface area contributed by atoms with Gasteiger partial charge in [0.2, 0.25) is 5.91 Å². The quantitative estimate of drug-likeness (QED) is 0.896. The third kappa shape index (κ3) is 3.76. The molecule has 0 bridgehead atoms. The van der Waals surface area contributed by atoms with Crippen LogP contribution in [-0.2, 0) is 11.3 Å². The number of nitrogens with zero attached hydrogens (tertiary/aromatic N) is 2. The number of carbonyl (C=O) groups excluding carboxylic acids is 1. The maximum Gasteiger partial charge on any atom is 0.262 e. The van der Waals surface area contributed by atoms with Crippen molar-refractivity contribution < 1.29 is 13.6 Å². The van der Waals surface area contributed by atoms with Crippen molar-refractivity contribution in [3.8, 4) is 0 Å². The number of nitrogens with one attached hydrogen (secondary N) is 1. The van der Waals surface area contributed by atoms with E-state index in [1.165, 1.54) is 5.56 Å². The van der Waals surface area contributed by atoms with Gasteiger partial charge in [0.1, 0.15) is 0 Å². The second kappa shape index (κ2) is 6.89. The first-order chi connectivity index (χ1) is 12.4. The molecule has 3 saturated heterocycles. The number of hydrogen-bond donors (Lipinski definition) is 1. The summed E-state index contributed by atoms with van der Waals surface area (Å²) in [6.07, 6.45) is 2.87. The summed E-state index contributed by atoms with van der Waals surface area (Å²) in [7, 11) is 0. The molecule has 6 heteroatoms. The van der Waals surface area contributed by atoms with Gasteiger partial charge in [-0.1, -0.05) is 30.3 Å². The van der Waals surface area contributed by atoms with Crippen molar-refractivity contribution in [3.63, 3.8) is 0 Å². The molecule has 4 rings (SSSR count). The van der Waals surface area contributed by atoms with Crippen LogP contribution in [0.15, 0.2) is 30.3 Å². The fourth-order valence-electron chi connectivity index (χ4n) is 4.85. The zero-order chi connectivity index (χ0) is 18.2. The third-order valence-electron chi connectivity index (χ3n) is 6.15. The van der Waals surface area contributed by atoms with E-state index in [9.17, 15) is 13.6 Å². The van der Waals surface area contributed by atoms with Gasteiger partial charge in [-0.2, -0.15) is 0 Å². The first kappa shape index (κ1) is 17.9. The predicted octanol–water partition coefficient (Wildman–Crippen LogP) is 2.50. The highest BCUT2D eigenvalue weighted by Gasteiger charge is 2.47. The average molecular weight is 363 g/mol. The second-order valence-corrected chi connectivity index (χ2v) is 8.30. The summed E-state index contributed by atoms with van der Waals surface area (Å²) < 4.78 is 26.8. The van der Waals surface area contributed by atoms with E-state index < -0.39 is 12.0 Å². The number of carbonyl (C=O) groups is 1. The van der Waals surface area contributed by atoms with Gasteiger partial charge in [0.05, 0.1) is 12.6 Å². The summed E-state index contributed by atoms with van der Waals surface area (Å²) in [4.78, 5) is 17.0. The van der Waals surface area contributed by atoms with Crippen LogP contribution in [-0.4, -0.2) is 60.4 Å². The molecule has 26 heavy (non-hydrogen) atoms. The van der Waals surface area contributed by atoms with E-state index in [-0.39, 0.29) is 24.3 Å². The van der Waals surface area contributed by atoms with Crippen LogP contribution < -0.4 is 5.32 Å². The Hall–Kier alpha value is -1.53. The molecule has 3 aliphatic heterocycles. The van der Waals surface area contributed by atoms with Gasteiger partial charge in [-0.15, -0.1) is 0 Å². The summed E-state index contributed by atoms with van der Waals surface area (Å²) in [5.41, 5.74) is 1.44. The number of benzene rings is 1. The lowest BCUT2D eigenvalue weighted by molar-refractivity contribution is -0.133.